The van der Waals surface area contributed by atoms with Crippen LogP contribution in [0.25, 0.3) is 0 Å². The van der Waals surface area contributed by atoms with E-state index in [1.54, 1.807) is 11.8 Å². The summed E-state index contributed by atoms with van der Waals surface area (Å²) in [5.74, 6) is -1.18. The Morgan fingerprint density at radius 2 is 1.73 bits per heavy atom. The number of hydrogen-bond acceptors (Lipinski definition) is 4. The molecule has 6 heteroatoms. The molecule has 172 valence electrons. The molecule has 1 saturated heterocycles. The van der Waals surface area contributed by atoms with E-state index < -0.39 is 11.3 Å². The fraction of sp³-hybridized carbons (Fsp3) is 0.370. The number of likely N-dealkylation sites (tertiary alicyclic amines) is 1. The Hall–Kier alpha value is -3.41. The quantitative estimate of drug-likeness (QED) is 0.623. The monoisotopic (exact) mass is 446 g/mol. The van der Waals surface area contributed by atoms with E-state index in [0.29, 0.717) is 32.4 Å². The van der Waals surface area contributed by atoms with Crippen LogP contribution in [0.1, 0.15) is 43.7 Å². The summed E-state index contributed by atoms with van der Waals surface area (Å²) < 4.78 is 5.46. The summed E-state index contributed by atoms with van der Waals surface area (Å²) >= 11 is 0. The maximum atomic E-state index is 13.6. The van der Waals surface area contributed by atoms with Gasteiger partial charge in [-0.15, -0.1) is 0 Å². The number of piperidine rings is 1. The minimum Gasteiger partial charge on any atom is -0.465 e. The number of hydrogen-bond donors (Lipinski definition) is 1. The van der Waals surface area contributed by atoms with Crippen molar-refractivity contribution in [3.05, 3.63) is 83.6 Å². The molecule has 0 unspecified atom stereocenters. The normalized spacial score (nSPS) is 21.8. The summed E-state index contributed by atoms with van der Waals surface area (Å²) in [5, 5.41) is 2.92. The third-order valence-corrected chi connectivity index (χ3v) is 6.51. The van der Waals surface area contributed by atoms with Gasteiger partial charge in [-0.25, -0.2) is 0 Å². The summed E-state index contributed by atoms with van der Waals surface area (Å²) in [5.41, 5.74) is 1.83. The summed E-state index contributed by atoms with van der Waals surface area (Å²) in [6.45, 7) is 2.84. The highest BCUT2D eigenvalue weighted by Gasteiger charge is 2.55. The fourth-order valence-electron chi connectivity index (χ4n) is 4.94. The minimum absolute atomic E-state index is 0.0470. The van der Waals surface area contributed by atoms with Gasteiger partial charge in [0.05, 0.1) is 13.2 Å². The highest BCUT2D eigenvalue weighted by atomic mass is 16.5. The predicted octanol–water partition coefficient (Wildman–Crippen LogP) is 3.97. The molecule has 4 rings (SSSR count). The second kappa shape index (κ2) is 10.0. The number of carbonyl (C=O) groups excluding carboxylic acids is 3. The third-order valence-electron chi connectivity index (χ3n) is 6.51. The zero-order chi connectivity index (χ0) is 23.3. The van der Waals surface area contributed by atoms with Gasteiger partial charge in [0, 0.05) is 24.6 Å². The molecule has 1 aliphatic carbocycles. The zero-order valence-electron chi connectivity index (χ0n) is 19.0. The summed E-state index contributed by atoms with van der Waals surface area (Å²) in [4.78, 5) is 41.2. The molecule has 2 amide bonds. The molecule has 0 spiro atoms. The van der Waals surface area contributed by atoms with Gasteiger partial charge in [-0.1, -0.05) is 66.7 Å². The predicted molar refractivity (Wildman–Crippen MR) is 124 cm³/mol. The van der Waals surface area contributed by atoms with Crippen LogP contribution >= 0.6 is 0 Å². The Morgan fingerprint density at radius 1 is 1.06 bits per heavy atom. The number of benzene rings is 2. The van der Waals surface area contributed by atoms with Crippen LogP contribution in [0.5, 0.6) is 0 Å². The van der Waals surface area contributed by atoms with Crippen LogP contribution in [-0.2, 0) is 32.2 Å². The molecule has 1 N–H and O–H groups in total. The van der Waals surface area contributed by atoms with Crippen LogP contribution in [0, 0.1) is 11.3 Å². The zero-order valence-corrected chi connectivity index (χ0v) is 19.0. The Labute approximate surface area is 194 Å². The number of esters is 1. The summed E-state index contributed by atoms with van der Waals surface area (Å²) in [6, 6.07) is 19.4. The molecular weight excluding hydrogens is 416 g/mol. The Balaban J connectivity index is 1.56. The van der Waals surface area contributed by atoms with Gasteiger partial charge in [-0.3, -0.25) is 14.4 Å². The number of carbonyl (C=O) groups is 3. The molecule has 0 radical (unpaired) electrons. The lowest BCUT2D eigenvalue weighted by Crippen LogP contribution is -2.52. The topological polar surface area (TPSA) is 75.7 Å². The first-order valence-electron chi connectivity index (χ1n) is 11.6. The highest BCUT2D eigenvalue weighted by molar-refractivity contribution is 5.92. The van der Waals surface area contributed by atoms with Crippen molar-refractivity contribution in [2.75, 3.05) is 6.61 Å². The van der Waals surface area contributed by atoms with Crippen molar-refractivity contribution >= 4 is 17.8 Å². The largest absolute Gasteiger partial charge is 0.465 e. The molecule has 2 aromatic carbocycles. The van der Waals surface area contributed by atoms with Gasteiger partial charge in [0.1, 0.15) is 5.41 Å². The van der Waals surface area contributed by atoms with Gasteiger partial charge in [-0.2, -0.15) is 0 Å². The molecule has 1 fully saturated rings. The van der Waals surface area contributed by atoms with E-state index in [0.717, 1.165) is 16.8 Å². The van der Waals surface area contributed by atoms with Crippen molar-refractivity contribution in [1.29, 1.82) is 0 Å². The fourth-order valence-corrected chi connectivity index (χ4v) is 4.94. The molecule has 1 heterocycles. The molecule has 0 bridgehead atoms. The van der Waals surface area contributed by atoms with Crippen LogP contribution in [-0.4, -0.2) is 29.3 Å². The van der Waals surface area contributed by atoms with Gasteiger partial charge in [0.2, 0.25) is 11.8 Å². The lowest BCUT2D eigenvalue weighted by Gasteiger charge is -2.44. The molecule has 2 aromatic rings. The maximum absolute atomic E-state index is 13.6. The van der Waals surface area contributed by atoms with Crippen molar-refractivity contribution in [2.24, 2.45) is 11.3 Å². The van der Waals surface area contributed by atoms with E-state index in [4.69, 9.17) is 4.74 Å². The first kappa shape index (κ1) is 22.8. The SMILES string of the molecule is CCOC(=O)[C@]12CCC=C1N(Cc1ccccc1)C(=O)[C@H](CC(=O)NCc1ccccc1)C2. The summed E-state index contributed by atoms with van der Waals surface area (Å²) in [6.07, 6.45) is 3.65. The Bertz CT molecular complexity index is 1030. The average Bonchev–Trinajstić information content (AvgIpc) is 3.27. The lowest BCUT2D eigenvalue weighted by molar-refractivity contribution is -0.161. The van der Waals surface area contributed by atoms with E-state index in [9.17, 15) is 14.4 Å². The van der Waals surface area contributed by atoms with E-state index in [1.165, 1.54) is 0 Å². The van der Waals surface area contributed by atoms with Gasteiger partial charge >= 0.3 is 5.97 Å². The lowest BCUT2D eigenvalue weighted by atomic mass is 9.71. The van der Waals surface area contributed by atoms with E-state index in [1.807, 2.05) is 66.7 Å². The highest BCUT2D eigenvalue weighted by Crippen LogP contribution is 2.51. The molecular formula is C27H30N2O4. The van der Waals surface area contributed by atoms with Gasteiger partial charge < -0.3 is 15.0 Å². The molecule has 33 heavy (non-hydrogen) atoms. The first-order valence-corrected chi connectivity index (χ1v) is 11.6. The van der Waals surface area contributed by atoms with Crippen molar-refractivity contribution < 1.29 is 19.1 Å². The number of nitrogens with zero attached hydrogens (tertiary/aromatic N) is 1. The molecule has 0 aromatic heterocycles. The van der Waals surface area contributed by atoms with Gasteiger partial charge in [0.15, 0.2) is 0 Å². The Kier molecular flexibility index (Phi) is 6.92. The molecule has 1 aliphatic heterocycles. The second-order valence-electron chi connectivity index (χ2n) is 8.71. The number of rotatable bonds is 8. The average molecular weight is 447 g/mol. The molecule has 6 nitrogen and oxygen atoms in total. The van der Waals surface area contributed by atoms with Crippen LogP contribution in [0.2, 0.25) is 0 Å². The smallest absolute Gasteiger partial charge is 0.318 e. The molecule has 0 saturated carbocycles. The Morgan fingerprint density at radius 3 is 2.39 bits per heavy atom. The van der Waals surface area contributed by atoms with Crippen LogP contribution in [0.3, 0.4) is 0 Å². The van der Waals surface area contributed by atoms with Crippen LogP contribution in [0.4, 0.5) is 0 Å². The summed E-state index contributed by atoms with van der Waals surface area (Å²) in [7, 11) is 0. The second-order valence-corrected chi connectivity index (χ2v) is 8.71. The van der Waals surface area contributed by atoms with Gasteiger partial charge in [0.25, 0.3) is 0 Å². The van der Waals surface area contributed by atoms with Crippen LogP contribution in [0.15, 0.2) is 72.4 Å². The van der Waals surface area contributed by atoms with E-state index >= 15 is 0 Å². The van der Waals surface area contributed by atoms with Crippen molar-refractivity contribution in [1.82, 2.24) is 10.2 Å². The van der Waals surface area contributed by atoms with Crippen molar-refractivity contribution in [3.8, 4) is 0 Å². The van der Waals surface area contributed by atoms with E-state index in [-0.39, 0.29) is 30.8 Å². The maximum Gasteiger partial charge on any atom is 0.318 e. The minimum atomic E-state index is -0.872. The van der Waals surface area contributed by atoms with Crippen LogP contribution < -0.4 is 5.32 Å². The number of amides is 2. The standard InChI is InChI=1S/C27H30N2O4/c1-2-33-26(32)27-15-9-14-23(27)29(19-21-12-7-4-8-13-21)25(31)22(17-27)16-24(30)28-18-20-10-5-3-6-11-20/h3-8,10-14,22H,2,9,15-19H2,1H3,(H,28,30)/t22-,27+/m1/s1. The number of allylic oxidation sites excluding steroid dienone is 1. The van der Waals surface area contributed by atoms with Crippen molar-refractivity contribution in [3.63, 3.8) is 0 Å². The first-order chi connectivity index (χ1) is 16.0. The molecule has 2 atom stereocenters. The molecule has 2 aliphatic rings. The van der Waals surface area contributed by atoms with Gasteiger partial charge in [-0.05, 0) is 37.3 Å². The third kappa shape index (κ3) is 4.85. The number of nitrogens with one attached hydrogen (secondary N) is 1. The number of ether oxygens (including phenoxy) is 1. The van der Waals surface area contributed by atoms with E-state index in [2.05, 4.69) is 5.32 Å². The number of fused-ring (bicyclic) bond motifs is 1. The van der Waals surface area contributed by atoms with Crippen molar-refractivity contribution in [2.45, 2.75) is 45.7 Å².